The average molecular weight is 436 g/mol. The molecule has 168 valence electrons. The topological polar surface area (TPSA) is 176 Å². The lowest BCUT2D eigenvalue weighted by Gasteiger charge is -2.24. The van der Waals surface area contributed by atoms with Crippen LogP contribution in [0.4, 0.5) is 17.3 Å². The smallest absolute Gasteiger partial charge is 0.406 e. The van der Waals surface area contributed by atoms with Crippen LogP contribution in [0.25, 0.3) is 0 Å². The van der Waals surface area contributed by atoms with E-state index < -0.39 is 34.5 Å². The summed E-state index contributed by atoms with van der Waals surface area (Å²) in [6.45, 7) is 1.55. The summed E-state index contributed by atoms with van der Waals surface area (Å²) in [6, 6.07) is 2.71. The second-order valence-corrected chi connectivity index (χ2v) is 6.41. The van der Waals surface area contributed by atoms with Crippen molar-refractivity contribution in [2.75, 3.05) is 37.5 Å². The fourth-order valence-corrected chi connectivity index (χ4v) is 2.77. The van der Waals surface area contributed by atoms with Crippen LogP contribution in [0.2, 0.25) is 0 Å². The largest absolute Gasteiger partial charge is 0.476 e. The van der Waals surface area contributed by atoms with Crippen molar-refractivity contribution >= 4 is 23.2 Å². The molecule has 0 aliphatic heterocycles. The fourth-order valence-electron chi connectivity index (χ4n) is 2.77. The molecule has 0 radical (unpaired) electrons. The highest BCUT2D eigenvalue weighted by Gasteiger charge is 2.25. The van der Waals surface area contributed by atoms with Crippen LogP contribution in [0.1, 0.15) is 19.8 Å². The van der Waals surface area contributed by atoms with E-state index in [9.17, 15) is 24.5 Å². The number of aromatic nitrogens is 3. The van der Waals surface area contributed by atoms with Gasteiger partial charge in [0.2, 0.25) is 5.75 Å². The molecular formula is C18H24N6O7. The number of ether oxygens (including phenoxy) is 2. The number of amides is 1. The third-order valence-electron chi connectivity index (χ3n) is 4.31. The Hall–Kier alpha value is -3.74. The Labute approximate surface area is 176 Å². The Morgan fingerprint density at radius 2 is 2.16 bits per heavy atom. The van der Waals surface area contributed by atoms with Gasteiger partial charge in [0.1, 0.15) is 12.0 Å². The zero-order valence-corrected chi connectivity index (χ0v) is 17.2. The lowest BCUT2D eigenvalue weighted by atomic mass is 10.3. The Morgan fingerprint density at radius 1 is 1.42 bits per heavy atom. The van der Waals surface area contributed by atoms with Crippen molar-refractivity contribution in [1.82, 2.24) is 14.5 Å². The first kappa shape index (κ1) is 23.5. The molecule has 3 N–H and O–H groups in total. The Bertz CT molecular complexity index is 1050. The second kappa shape index (κ2) is 10.9. The minimum Gasteiger partial charge on any atom is -0.476 e. The molecule has 1 amide bonds. The molecule has 13 nitrogen and oxygen atoms in total. The molecule has 2 aromatic rings. The molecule has 2 heterocycles. The summed E-state index contributed by atoms with van der Waals surface area (Å²) in [5.74, 6) is -1.64. The number of methoxy groups -OCH3 is 1. The Balaban J connectivity index is 2.38. The van der Waals surface area contributed by atoms with Crippen LogP contribution in [0.5, 0.6) is 5.75 Å². The van der Waals surface area contributed by atoms with E-state index >= 15 is 0 Å². The predicted molar refractivity (Wildman–Crippen MR) is 111 cm³/mol. The summed E-state index contributed by atoms with van der Waals surface area (Å²) in [4.78, 5) is 54.6. The van der Waals surface area contributed by atoms with E-state index in [0.29, 0.717) is 6.42 Å². The molecule has 2 rings (SSSR count). The van der Waals surface area contributed by atoms with Gasteiger partial charge in [-0.3, -0.25) is 24.0 Å². The molecule has 0 spiro atoms. The lowest BCUT2D eigenvalue weighted by molar-refractivity contribution is -0.390. The van der Waals surface area contributed by atoms with Crippen molar-refractivity contribution in [3.63, 3.8) is 0 Å². The van der Waals surface area contributed by atoms with Crippen molar-refractivity contribution in [3.05, 3.63) is 49.3 Å². The number of aromatic amines is 1. The Morgan fingerprint density at radius 3 is 2.81 bits per heavy atom. The first-order chi connectivity index (χ1) is 14.8. The van der Waals surface area contributed by atoms with Crippen LogP contribution in [0.3, 0.4) is 0 Å². The predicted octanol–water partition coefficient (Wildman–Crippen LogP) is 0.281. The van der Waals surface area contributed by atoms with Crippen molar-refractivity contribution in [2.45, 2.75) is 26.3 Å². The Kier molecular flexibility index (Phi) is 8.25. The number of nitrogens with two attached hydrogens (primary N) is 1. The van der Waals surface area contributed by atoms with Gasteiger partial charge in [-0.25, -0.2) is 4.79 Å². The van der Waals surface area contributed by atoms with Crippen LogP contribution >= 0.6 is 0 Å². The monoisotopic (exact) mass is 436 g/mol. The normalized spacial score (nSPS) is 10.6. The SMILES string of the molecule is CCCCn1c(N)c(N(CCOC)C(=O)COc2cccnc2[N+](=O)[O-])c(=O)[nH]c1=O. The highest BCUT2D eigenvalue weighted by atomic mass is 16.6. The van der Waals surface area contributed by atoms with E-state index in [1.807, 2.05) is 6.92 Å². The third-order valence-corrected chi connectivity index (χ3v) is 4.31. The van der Waals surface area contributed by atoms with E-state index in [1.165, 1.54) is 30.0 Å². The number of nitro groups is 1. The lowest BCUT2D eigenvalue weighted by Crippen LogP contribution is -2.44. The van der Waals surface area contributed by atoms with E-state index in [0.717, 1.165) is 11.3 Å². The van der Waals surface area contributed by atoms with E-state index in [2.05, 4.69) is 9.97 Å². The van der Waals surface area contributed by atoms with Gasteiger partial charge in [0.15, 0.2) is 12.3 Å². The van der Waals surface area contributed by atoms with E-state index in [4.69, 9.17) is 15.2 Å². The molecule has 0 unspecified atom stereocenters. The van der Waals surface area contributed by atoms with Gasteiger partial charge in [-0.1, -0.05) is 13.3 Å². The van der Waals surface area contributed by atoms with Crippen LogP contribution in [0, 0.1) is 10.1 Å². The van der Waals surface area contributed by atoms with Gasteiger partial charge in [0.05, 0.1) is 6.61 Å². The maximum Gasteiger partial charge on any atom is 0.406 e. The maximum atomic E-state index is 12.9. The average Bonchev–Trinajstić information content (AvgIpc) is 2.74. The molecule has 0 saturated carbocycles. The maximum absolute atomic E-state index is 12.9. The highest BCUT2D eigenvalue weighted by Crippen LogP contribution is 2.23. The molecule has 0 saturated heterocycles. The number of pyridine rings is 1. The van der Waals surface area contributed by atoms with Crippen molar-refractivity contribution in [1.29, 1.82) is 0 Å². The number of nitrogens with zero attached hydrogens (tertiary/aromatic N) is 4. The third kappa shape index (κ3) is 5.66. The van der Waals surface area contributed by atoms with Crippen molar-refractivity contribution in [3.8, 4) is 5.75 Å². The van der Waals surface area contributed by atoms with Crippen LogP contribution in [-0.4, -0.2) is 52.2 Å². The molecule has 31 heavy (non-hydrogen) atoms. The van der Waals surface area contributed by atoms with Gasteiger partial charge >= 0.3 is 11.5 Å². The molecule has 0 aliphatic carbocycles. The number of unbranched alkanes of at least 4 members (excludes halogenated alkanes) is 1. The molecule has 0 fully saturated rings. The molecule has 0 aromatic carbocycles. The van der Waals surface area contributed by atoms with Gasteiger partial charge in [-0.05, 0) is 28.5 Å². The number of hydrogen-bond acceptors (Lipinski definition) is 9. The van der Waals surface area contributed by atoms with Crippen LogP contribution in [0.15, 0.2) is 27.9 Å². The summed E-state index contributed by atoms with van der Waals surface area (Å²) in [7, 11) is 1.41. The number of anilines is 2. The summed E-state index contributed by atoms with van der Waals surface area (Å²) < 4.78 is 11.5. The number of nitrogens with one attached hydrogen (secondary N) is 1. The van der Waals surface area contributed by atoms with Crippen LogP contribution < -0.4 is 26.6 Å². The van der Waals surface area contributed by atoms with Gasteiger partial charge in [0, 0.05) is 20.2 Å². The van der Waals surface area contributed by atoms with Crippen molar-refractivity contribution in [2.24, 2.45) is 0 Å². The van der Waals surface area contributed by atoms with Crippen molar-refractivity contribution < 1.29 is 19.2 Å². The van der Waals surface area contributed by atoms with E-state index in [1.54, 1.807) is 0 Å². The minimum absolute atomic E-state index is 0.0613. The molecule has 13 heteroatoms. The van der Waals surface area contributed by atoms with Gasteiger partial charge in [-0.2, -0.15) is 0 Å². The molecule has 0 atom stereocenters. The summed E-state index contributed by atoms with van der Waals surface area (Å²) in [5.41, 5.74) is 4.33. The first-order valence-electron chi connectivity index (χ1n) is 9.45. The van der Waals surface area contributed by atoms with Gasteiger partial charge in [0.25, 0.3) is 11.5 Å². The highest BCUT2D eigenvalue weighted by molar-refractivity contribution is 5.96. The summed E-state index contributed by atoms with van der Waals surface area (Å²) in [6.07, 6.45) is 2.64. The first-order valence-corrected chi connectivity index (χ1v) is 9.45. The summed E-state index contributed by atoms with van der Waals surface area (Å²) >= 11 is 0. The number of carbonyl (C=O) groups is 1. The molecular weight excluding hydrogens is 412 g/mol. The fraction of sp³-hybridized carbons (Fsp3) is 0.444. The summed E-state index contributed by atoms with van der Waals surface area (Å²) in [5, 5.41) is 11.1. The van der Waals surface area contributed by atoms with E-state index in [-0.39, 0.29) is 37.0 Å². The quantitative estimate of drug-likeness (QED) is 0.370. The number of carbonyl (C=O) groups excluding carboxylic acids is 1. The number of H-pyrrole nitrogens is 1. The standard InChI is InChI=1S/C18H24N6O7/c1-3-4-8-23-15(19)14(17(26)21-18(23)27)22(9-10-30-2)13(25)11-31-12-6-5-7-20-16(12)24(28)29/h5-7H,3-4,8-11,19H2,1-2H3,(H,21,26,27). The second-order valence-electron chi connectivity index (χ2n) is 6.41. The zero-order valence-electron chi connectivity index (χ0n) is 17.2. The number of nitrogen functional groups attached to an aromatic ring is 1. The van der Waals surface area contributed by atoms with Gasteiger partial charge in [-0.15, -0.1) is 0 Å². The number of hydrogen-bond donors (Lipinski definition) is 2. The molecule has 0 bridgehead atoms. The molecule has 2 aromatic heterocycles. The zero-order chi connectivity index (χ0) is 23.0. The van der Waals surface area contributed by atoms with Crippen LogP contribution in [-0.2, 0) is 16.1 Å². The molecule has 0 aliphatic rings. The van der Waals surface area contributed by atoms with Gasteiger partial charge < -0.3 is 25.3 Å². The minimum atomic E-state index is -0.841. The number of rotatable bonds is 11.